The lowest BCUT2D eigenvalue weighted by atomic mass is 10.1. The minimum atomic E-state index is -0.312. The second-order valence-electron chi connectivity index (χ2n) is 5.91. The monoisotopic (exact) mass is 366 g/mol. The molecule has 1 heterocycles. The first-order valence-corrected chi connectivity index (χ1v) is 8.63. The lowest BCUT2D eigenvalue weighted by Crippen LogP contribution is -2.17. The van der Waals surface area contributed by atoms with E-state index in [0.29, 0.717) is 16.7 Å². The number of rotatable bonds is 5. The smallest absolute Gasteiger partial charge is 0.274 e. The number of nitrogens with one attached hydrogen (secondary N) is 2. The topological polar surface area (TPSA) is 66.9 Å². The van der Waals surface area contributed by atoms with Gasteiger partial charge in [0.1, 0.15) is 5.69 Å². The van der Waals surface area contributed by atoms with Crippen molar-refractivity contribution in [2.24, 2.45) is 0 Å². The Labute approximate surface area is 157 Å². The van der Waals surface area contributed by atoms with Crippen LogP contribution in [0.5, 0.6) is 0 Å². The molecule has 1 unspecified atom stereocenters. The summed E-state index contributed by atoms with van der Waals surface area (Å²) in [6.07, 6.45) is 1.56. The van der Waals surface area contributed by atoms with E-state index in [0.717, 1.165) is 11.1 Å². The predicted molar refractivity (Wildman–Crippen MR) is 105 cm³/mol. The first-order valence-electron chi connectivity index (χ1n) is 8.25. The van der Waals surface area contributed by atoms with Crippen LogP contribution < -0.4 is 10.6 Å². The molecular weight excluding hydrogens is 348 g/mol. The summed E-state index contributed by atoms with van der Waals surface area (Å²) < 4.78 is 0. The van der Waals surface area contributed by atoms with E-state index in [1.807, 2.05) is 44.2 Å². The molecule has 6 heteroatoms. The van der Waals surface area contributed by atoms with Gasteiger partial charge in [0.2, 0.25) is 5.95 Å². The van der Waals surface area contributed by atoms with E-state index in [9.17, 15) is 4.79 Å². The highest BCUT2D eigenvalue weighted by Crippen LogP contribution is 2.23. The number of nitrogens with zero attached hydrogens (tertiary/aromatic N) is 2. The van der Waals surface area contributed by atoms with E-state index in [-0.39, 0.29) is 17.6 Å². The molecule has 132 valence electrons. The summed E-state index contributed by atoms with van der Waals surface area (Å²) in [5.41, 5.74) is 2.86. The van der Waals surface area contributed by atoms with Gasteiger partial charge in [0, 0.05) is 16.9 Å². The minimum absolute atomic E-state index is 0.0182. The number of benzene rings is 2. The van der Waals surface area contributed by atoms with Gasteiger partial charge in [0.05, 0.1) is 6.04 Å². The van der Waals surface area contributed by atoms with Gasteiger partial charge in [-0.25, -0.2) is 9.97 Å². The van der Waals surface area contributed by atoms with Gasteiger partial charge < -0.3 is 10.6 Å². The van der Waals surface area contributed by atoms with Crippen LogP contribution in [0.1, 0.15) is 34.6 Å². The summed E-state index contributed by atoms with van der Waals surface area (Å²) >= 11 is 6.10. The minimum Gasteiger partial charge on any atom is -0.348 e. The van der Waals surface area contributed by atoms with E-state index >= 15 is 0 Å². The second-order valence-corrected chi connectivity index (χ2v) is 6.32. The number of amides is 1. The molecule has 1 atom stereocenters. The molecule has 0 fully saturated rings. The largest absolute Gasteiger partial charge is 0.348 e. The molecule has 3 rings (SSSR count). The van der Waals surface area contributed by atoms with Gasteiger partial charge in [0.25, 0.3) is 5.91 Å². The van der Waals surface area contributed by atoms with Gasteiger partial charge in [-0.2, -0.15) is 0 Å². The van der Waals surface area contributed by atoms with Crippen LogP contribution in [0.2, 0.25) is 5.02 Å². The number of hydrogen-bond donors (Lipinski definition) is 2. The fourth-order valence-corrected chi connectivity index (χ4v) is 2.68. The zero-order valence-corrected chi connectivity index (χ0v) is 15.3. The Hall–Kier alpha value is -2.92. The number of hydrogen-bond acceptors (Lipinski definition) is 4. The van der Waals surface area contributed by atoms with Crippen molar-refractivity contribution >= 4 is 29.1 Å². The molecule has 0 radical (unpaired) electrons. The number of carbonyl (C=O) groups excluding carboxylic acids is 1. The maximum atomic E-state index is 12.5. The molecule has 0 aliphatic rings. The highest BCUT2D eigenvalue weighted by atomic mass is 35.5. The highest BCUT2D eigenvalue weighted by Gasteiger charge is 2.13. The summed E-state index contributed by atoms with van der Waals surface area (Å²) in [4.78, 5) is 21.0. The van der Waals surface area contributed by atoms with Crippen molar-refractivity contribution in [3.05, 3.63) is 82.6 Å². The molecule has 0 aliphatic heterocycles. The Morgan fingerprint density at radius 3 is 2.62 bits per heavy atom. The van der Waals surface area contributed by atoms with E-state index in [1.54, 1.807) is 30.5 Å². The zero-order chi connectivity index (χ0) is 18.5. The van der Waals surface area contributed by atoms with E-state index in [1.165, 1.54) is 0 Å². The van der Waals surface area contributed by atoms with Gasteiger partial charge in [-0.05, 0) is 43.2 Å². The third-order valence-electron chi connectivity index (χ3n) is 4.05. The molecular formula is C20H19ClN4O. The van der Waals surface area contributed by atoms with Gasteiger partial charge in [-0.1, -0.05) is 48.0 Å². The number of carbonyl (C=O) groups is 1. The average molecular weight is 367 g/mol. The first kappa shape index (κ1) is 17.9. The Morgan fingerprint density at radius 2 is 1.85 bits per heavy atom. The SMILES string of the molecule is Cc1c(Cl)cccc1NC(=O)c1ccnc(NC(C)c2ccccc2)n1. The molecule has 1 aromatic heterocycles. The van der Waals surface area contributed by atoms with Crippen LogP contribution in [-0.4, -0.2) is 15.9 Å². The summed E-state index contributed by atoms with van der Waals surface area (Å²) in [6.45, 7) is 3.87. The van der Waals surface area contributed by atoms with E-state index in [2.05, 4.69) is 20.6 Å². The van der Waals surface area contributed by atoms with Crippen molar-refractivity contribution in [1.82, 2.24) is 9.97 Å². The standard InChI is InChI=1S/C20H19ClN4O/c1-13-16(21)9-6-10-17(13)24-19(26)18-11-12-22-20(25-18)23-14(2)15-7-4-3-5-8-15/h3-12,14H,1-2H3,(H,24,26)(H,22,23,25). The first-order chi connectivity index (χ1) is 12.5. The van der Waals surface area contributed by atoms with Crippen molar-refractivity contribution in [2.45, 2.75) is 19.9 Å². The Kier molecular flexibility index (Phi) is 5.49. The van der Waals surface area contributed by atoms with Crippen LogP contribution in [0.3, 0.4) is 0 Å². The van der Waals surface area contributed by atoms with Crippen LogP contribution in [0.4, 0.5) is 11.6 Å². The van der Waals surface area contributed by atoms with Crippen molar-refractivity contribution in [3.8, 4) is 0 Å². The van der Waals surface area contributed by atoms with Gasteiger partial charge >= 0.3 is 0 Å². The van der Waals surface area contributed by atoms with Crippen molar-refractivity contribution < 1.29 is 4.79 Å². The molecule has 0 saturated carbocycles. The molecule has 2 aromatic carbocycles. The lowest BCUT2D eigenvalue weighted by Gasteiger charge is -2.14. The maximum absolute atomic E-state index is 12.5. The fraction of sp³-hybridized carbons (Fsp3) is 0.150. The highest BCUT2D eigenvalue weighted by molar-refractivity contribution is 6.31. The van der Waals surface area contributed by atoms with Crippen LogP contribution in [0.25, 0.3) is 0 Å². The molecule has 3 aromatic rings. The number of aromatic nitrogens is 2. The van der Waals surface area contributed by atoms with Crippen LogP contribution in [-0.2, 0) is 0 Å². The zero-order valence-electron chi connectivity index (χ0n) is 14.5. The average Bonchev–Trinajstić information content (AvgIpc) is 2.66. The number of anilines is 2. The number of halogens is 1. The molecule has 0 aliphatic carbocycles. The van der Waals surface area contributed by atoms with Gasteiger partial charge in [-0.15, -0.1) is 0 Å². The summed E-state index contributed by atoms with van der Waals surface area (Å²) in [5.74, 6) is 0.0880. The van der Waals surface area contributed by atoms with E-state index < -0.39 is 0 Å². The quantitative estimate of drug-likeness (QED) is 0.676. The second kappa shape index (κ2) is 7.97. The van der Waals surface area contributed by atoms with Crippen LogP contribution in [0.15, 0.2) is 60.8 Å². The van der Waals surface area contributed by atoms with Crippen molar-refractivity contribution in [2.75, 3.05) is 10.6 Å². The van der Waals surface area contributed by atoms with Gasteiger partial charge in [0.15, 0.2) is 0 Å². The summed E-state index contributed by atoms with van der Waals surface area (Å²) in [7, 11) is 0. The Bertz CT molecular complexity index is 915. The molecule has 2 N–H and O–H groups in total. The normalized spacial score (nSPS) is 11.7. The molecule has 0 spiro atoms. The van der Waals surface area contributed by atoms with Crippen LogP contribution in [0, 0.1) is 6.92 Å². The van der Waals surface area contributed by atoms with Crippen LogP contribution >= 0.6 is 11.6 Å². The van der Waals surface area contributed by atoms with E-state index in [4.69, 9.17) is 11.6 Å². The molecule has 5 nitrogen and oxygen atoms in total. The third kappa shape index (κ3) is 4.18. The molecule has 1 amide bonds. The maximum Gasteiger partial charge on any atom is 0.274 e. The Balaban J connectivity index is 1.74. The summed E-state index contributed by atoms with van der Waals surface area (Å²) in [5, 5.41) is 6.65. The van der Waals surface area contributed by atoms with Crippen molar-refractivity contribution in [3.63, 3.8) is 0 Å². The lowest BCUT2D eigenvalue weighted by molar-refractivity contribution is 0.102. The Morgan fingerprint density at radius 1 is 1.08 bits per heavy atom. The molecule has 26 heavy (non-hydrogen) atoms. The van der Waals surface area contributed by atoms with Crippen molar-refractivity contribution in [1.29, 1.82) is 0 Å². The molecule has 0 bridgehead atoms. The van der Waals surface area contributed by atoms with Gasteiger partial charge in [-0.3, -0.25) is 4.79 Å². The molecule has 0 saturated heterocycles. The predicted octanol–water partition coefficient (Wildman–Crippen LogP) is 4.86. The third-order valence-corrected chi connectivity index (χ3v) is 4.46. The fourth-order valence-electron chi connectivity index (χ4n) is 2.50. The summed E-state index contributed by atoms with van der Waals surface area (Å²) in [6, 6.07) is 16.9.